The van der Waals surface area contributed by atoms with Crippen molar-refractivity contribution in [3.63, 3.8) is 0 Å². The van der Waals surface area contributed by atoms with Crippen LogP contribution in [0.5, 0.6) is 0 Å². The fourth-order valence-corrected chi connectivity index (χ4v) is 2.26. The Kier molecular flexibility index (Phi) is 3.40. The van der Waals surface area contributed by atoms with Gasteiger partial charge in [-0.05, 0) is 6.26 Å². The minimum Gasteiger partial charge on any atom is -0.378 e. The van der Waals surface area contributed by atoms with Crippen molar-refractivity contribution < 1.29 is 9.31 Å². The molecule has 0 saturated carbocycles. The monoisotopic (exact) mass is 174 g/mol. The molecule has 0 unspecified atom stereocenters. The third kappa shape index (κ3) is 1.97. The average molecular weight is 174 g/mol. The molecule has 0 radical (unpaired) electrons. The molecule has 0 aromatic carbocycles. The van der Waals surface area contributed by atoms with Gasteiger partial charge in [-0.25, -0.2) is 4.58 Å². The minimum absolute atomic E-state index is 0.613. The number of rotatable bonds is 2. The Hall–Kier alpha value is -0.0200. The summed E-state index contributed by atoms with van der Waals surface area (Å²) in [5.41, 5.74) is 0. The molecule has 0 fully saturated rings. The van der Waals surface area contributed by atoms with Crippen LogP contribution in [0.15, 0.2) is 0 Å². The zero-order chi connectivity index (χ0) is 8.27. The summed E-state index contributed by atoms with van der Waals surface area (Å²) in [6.45, 7) is 0.862. The van der Waals surface area contributed by atoms with Crippen LogP contribution in [-0.2, 0) is 4.74 Å². The highest BCUT2D eigenvalue weighted by Gasteiger charge is 2.28. The molecule has 1 aliphatic rings. The van der Waals surface area contributed by atoms with Crippen molar-refractivity contribution in [3.8, 4) is 0 Å². The van der Waals surface area contributed by atoms with Gasteiger partial charge in [0, 0.05) is 20.0 Å². The van der Waals surface area contributed by atoms with Crippen molar-refractivity contribution in [2.75, 3.05) is 27.0 Å². The van der Waals surface area contributed by atoms with Gasteiger partial charge in [0.15, 0.2) is 6.04 Å². The van der Waals surface area contributed by atoms with Crippen LogP contribution in [-0.4, -0.2) is 42.7 Å². The van der Waals surface area contributed by atoms with Crippen LogP contribution in [0.1, 0.15) is 12.8 Å². The van der Waals surface area contributed by atoms with Crippen molar-refractivity contribution in [2.24, 2.45) is 0 Å². The van der Waals surface area contributed by atoms with E-state index in [1.165, 1.54) is 17.9 Å². The quantitative estimate of drug-likeness (QED) is 0.583. The largest absolute Gasteiger partial charge is 0.378 e. The summed E-state index contributed by atoms with van der Waals surface area (Å²) in [5, 5.41) is 1.49. The third-order valence-electron chi connectivity index (χ3n) is 2.23. The van der Waals surface area contributed by atoms with E-state index in [1.807, 2.05) is 11.8 Å². The number of nitrogens with zero attached hydrogens (tertiary/aromatic N) is 1. The van der Waals surface area contributed by atoms with E-state index >= 15 is 0 Å². The third-order valence-corrected chi connectivity index (χ3v) is 3.19. The van der Waals surface area contributed by atoms with Crippen molar-refractivity contribution in [1.29, 1.82) is 0 Å². The molecule has 2 nitrogen and oxygen atoms in total. The molecule has 0 aromatic rings. The van der Waals surface area contributed by atoms with E-state index in [-0.39, 0.29) is 0 Å². The van der Waals surface area contributed by atoms with E-state index in [4.69, 9.17) is 4.74 Å². The second-order valence-electron chi connectivity index (χ2n) is 2.86. The zero-order valence-corrected chi connectivity index (χ0v) is 8.28. The first-order valence-corrected chi connectivity index (χ1v) is 5.13. The summed E-state index contributed by atoms with van der Waals surface area (Å²) in [7, 11) is 3.92. The van der Waals surface area contributed by atoms with Gasteiger partial charge in [0.2, 0.25) is 5.04 Å². The molecule has 1 aliphatic heterocycles. The number of hydrogen-bond acceptors (Lipinski definition) is 2. The molecular formula is C8H16NOS+. The number of likely N-dealkylation sites (N-methyl/N-ethyl adjacent to an activating group) is 1. The molecule has 3 heteroatoms. The lowest BCUT2D eigenvalue weighted by Crippen LogP contribution is -2.24. The maximum Gasteiger partial charge on any atom is 0.210 e. The van der Waals surface area contributed by atoms with E-state index in [1.54, 1.807) is 7.11 Å². The minimum atomic E-state index is 0.613. The van der Waals surface area contributed by atoms with Crippen molar-refractivity contribution >= 4 is 16.8 Å². The standard InChI is InChI=1S/C8H16NOS/c1-9-7(6-10-2)4-5-8(9)11-3/h7H,4-6H2,1-3H3/q+1/t7-/m1/s1. The Morgan fingerprint density at radius 3 is 2.91 bits per heavy atom. The highest BCUT2D eigenvalue weighted by atomic mass is 32.2. The molecule has 1 rings (SSSR count). The molecule has 0 amide bonds. The Morgan fingerprint density at radius 1 is 1.73 bits per heavy atom. The summed E-state index contributed by atoms with van der Waals surface area (Å²) in [5.74, 6) is 0. The van der Waals surface area contributed by atoms with Gasteiger partial charge in [-0.15, -0.1) is 0 Å². The van der Waals surface area contributed by atoms with Crippen LogP contribution in [0.3, 0.4) is 0 Å². The van der Waals surface area contributed by atoms with Gasteiger partial charge >= 0.3 is 0 Å². The zero-order valence-electron chi connectivity index (χ0n) is 7.46. The van der Waals surface area contributed by atoms with E-state index in [0.717, 1.165) is 6.61 Å². The van der Waals surface area contributed by atoms with E-state index in [2.05, 4.69) is 17.9 Å². The maximum atomic E-state index is 5.12. The van der Waals surface area contributed by atoms with Crippen LogP contribution in [0.4, 0.5) is 0 Å². The first-order valence-electron chi connectivity index (χ1n) is 3.91. The van der Waals surface area contributed by atoms with Gasteiger partial charge in [0.1, 0.15) is 13.7 Å². The van der Waals surface area contributed by atoms with E-state index in [9.17, 15) is 0 Å². The van der Waals surface area contributed by atoms with Crippen molar-refractivity contribution in [1.82, 2.24) is 0 Å². The molecule has 0 aromatic heterocycles. The molecule has 0 aliphatic carbocycles. The molecule has 0 saturated heterocycles. The van der Waals surface area contributed by atoms with Crippen LogP contribution >= 0.6 is 11.8 Å². The molecule has 64 valence electrons. The molecular weight excluding hydrogens is 158 g/mol. The molecule has 0 N–H and O–H groups in total. The van der Waals surface area contributed by atoms with Gasteiger partial charge in [0.25, 0.3) is 0 Å². The Balaban J connectivity index is 2.54. The Labute approximate surface area is 72.6 Å². The molecule has 0 spiro atoms. The SMILES string of the molecule is COC[C@H]1CCC(SC)=[N+]1C. The first-order chi connectivity index (χ1) is 5.29. The van der Waals surface area contributed by atoms with Crippen LogP contribution in [0, 0.1) is 0 Å². The average Bonchev–Trinajstić information content (AvgIpc) is 2.34. The summed E-state index contributed by atoms with van der Waals surface area (Å²) in [6, 6.07) is 0.613. The van der Waals surface area contributed by atoms with Crippen LogP contribution < -0.4 is 0 Å². The van der Waals surface area contributed by atoms with Gasteiger partial charge < -0.3 is 4.74 Å². The smallest absolute Gasteiger partial charge is 0.210 e. The van der Waals surface area contributed by atoms with Crippen LogP contribution in [0.25, 0.3) is 0 Å². The molecule has 11 heavy (non-hydrogen) atoms. The second kappa shape index (κ2) is 4.12. The lowest BCUT2D eigenvalue weighted by Gasteiger charge is -2.04. The number of ether oxygens (including phenoxy) is 1. The number of hydrogen-bond donors (Lipinski definition) is 0. The van der Waals surface area contributed by atoms with Crippen LogP contribution in [0.2, 0.25) is 0 Å². The highest BCUT2D eigenvalue weighted by molar-refractivity contribution is 8.13. The molecule has 1 heterocycles. The van der Waals surface area contributed by atoms with E-state index in [0.29, 0.717) is 6.04 Å². The van der Waals surface area contributed by atoms with Crippen molar-refractivity contribution in [3.05, 3.63) is 0 Å². The summed E-state index contributed by atoms with van der Waals surface area (Å²) < 4.78 is 7.47. The fraction of sp³-hybridized carbons (Fsp3) is 0.875. The van der Waals surface area contributed by atoms with Gasteiger partial charge in [-0.2, -0.15) is 0 Å². The highest BCUT2D eigenvalue weighted by Crippen LogP contribution is 2.17. The normalized spacial score (nSPS) is 24.8. The number of thioether (sulfide) groups is 1. The topological polar surface area (TPSA) is 12.2 Å². The molecule has 1 atom stereocenters. The lowest BCUT2D eigenvalue weighted by molar-refractivity contribution is -0.530. The summed E-state index contributed by atoms with van der Waals surface area (Å²) in [4.78, 5) is 0. The van der Waals surface area contributed by atoms with Gasteiger partial charge in [0.05, 0.1) is 0 Å². The van der Waals surface area contributed by atoms with E-state index < -0.39 is 0 Å². The Morgan fingerprint density at radius 2 is 2.45 bits per heavy atom. The van der Waals surface area contributed by atoms with Gasteiger partial charge in [-0.3, -0.25) is 0 Å². The van der Waals surface area contributed by atoms with Crippen molar-refractivity contribution in [2.45, 2.75) is 18.9 Å². The number of methoxy groups -OCH3 is 1. The first kappa shape index (κ1) is 9.07. The molecule has 0 bridgehead atoms. The maximum absolute atomic E-state index is 5.12. The summed E-state index contributed by atoms with van der Waals surface area (Å²) >= 11 is 1.86. The summed E-state index contributed by atoms with van der Waals surface area (Å²) in [6.07, 6.45) is 4.62. The second-order valence-corrected chi connectivity index (χ2v) is 3.74. The van der Waals surface area contributed by atoms with Gasteiger partial charge in [-0.1, -0.05) is 11.8 Å². The lowest BCUT2D eigenvalue weighted by atomic mass is 10.2. The predicted octanol–water partition coefficient (Wildman–Crippen LogP) is 1.20. The fourth-order valence-electron chi connectivity index (χ4n) is 1.50. The Bertz CT molecular complexity index is 167. The predicted molar refractivity (Wildman–Crippen MR) is 49.6 cm³/mol.